The van der Waals surface area contributed by atoms with Crippen LogP contribution in [0.25, 0.3) is 11.3 Å². The maximum Gasteiger partial charge on any atom is 0.375 e. The van der Waals surface area contributed by atoms with E-state index in [2.05, 4.69) is 5.32 Å². The van der Waals surface area contributed by atoms with Crippen LogP contribution in [-0.2, 0) is 9.53 Å². The van der Waals surface area contributed by atoms with Gasteiger partial charge in [0.2, 0.25) is 11.9 Å². The molecule has 0 bridgehead atoms. The topological polar surface area (TPSA) is 68.5 Å². The number of ether oxygens (including phenoxy) is 1. The van der Waals surface area contributed by atoms with Crippen molar-refractivity contribution in [1.29, 1.82) is 0 Å². The number of rotatable bonds is 6. The standard InChI is InChI=1S/C22H18FNO4/c23-17-9-5-4-8-16(17)18-12-13-19(27-18)22(26)28-20(14-6-2-1-3-7-14)21(25)24-15-10-11-15/h1-9,12-13,15,20H,10-11H2,(H,24,25)/t20-/m0/s1. The Bertz CT molecular complexity index is 995. The van der Waals surface area contributed by atoms with Crippen LogP contribution in [-0.4, -0.2) is 17.9 Å². The zero-order valence-electron chi connectivity index (χ0n) is 14.9. The van der Waals surface area contributed by atoms with E-state index < -0.39 is 17.9 Å². The van der Waals surface area contributed by atoms with Gasteiger partial charge in [0.1, 0.15) is 11.6 Å². The first kappa shape index (κ1) is 18.0. The summed E-state index contributed by atoms with van der Waals surface area (Å²) in [5.41, 5.74) is 0.808. The van der Waals surface area contributed by atoms with Gasteiger partial charge in [0.15, 0.2) is 0 Å². The molecule has 1 saturated carbocycles. The number of halogens is 1. The smallest absolute Gasteiger partial charge is 0.375 e. The predicted molar refractivity (Wildman–Crippen MR) is 99.9 cm³/mol. The summed E-state index contributed by atoms with van der Waals surface area (Å²) in [5.74, 6) is -1.50. The monoisotopic (exact) mass is 379 g/mol. The third-order valence-corrected chi connectivity index (χ3v) is 4.44. The molecule has 0 unspecified atom stereocenters. The molecule has 1 fully saturated rings. The molecule has 28 heavy (non-hydrogen) atoms. The highest BCUT2D eigenvalue weighted by Gasteiger charge is 2.31. The maximum absolute atomic E-state index is 13.9. The quantitative estimate of drug-likeness (QED) is 0.650. The fraction of sp³-hybridized carbons (Fsp3) is 0.182. The van der Waals surface area contributed by atoms with Crippen LogP contribution in [0.5, 0.6) is 0 Å². The molecule has 142 valence electrons. The fourth-order valence-corrected chi connectivity index (χ4v) is 2.82. The second kappa shape index (κ2) is 7.68. The average Bonchev–Trinajstić information content (AvgIpc) is 3.38. The summed E-state index contributed by atoms with van der Waals surface area (Å²) in [6.45, 7) is 0. The van der Waals surface area contributed by atoms with E-state index in [9.17, 15) is 14.0 Å². The van der Waals surface area contributed by atoms with Crippen molar-refractivity contribution in [2.45, 2.75) is 25.0 Å². The van der Waals surface area contributed by atoms with Gasteiger partial charge in [0.25, 0.3) is 5.91 Å². The summed E-state index contributed by atoms with van der Waals surface area (Å²) in [6, 6.07) is 17.9. The molecule has 0 spiro atoms. The summed E-state index contributed by atoms with van der Waals surface area (Å²) >= 11 is 0. The van der Waals surface area contributed by atoms with Crippen LogP contribution in [0.4, 0.5) is 4.39 Å². The Balaban J connectivity index is 1.54. The van der Waals surface area contributed by atoms with Crippen LogP contribution < -0.4 is 5.32 Å². The first-order valence-corrected chi connectivity index (χ1v) is 9.03. The number of carbonyl (C=O) groups is 2. The molecule has 3 aromatic rings. The molecule has 2 aromatic carbocycles. The molecule has 6 heteroatoms. The van der Waals surface area contributed by atoms with E-state index in [0.717, 1.165) is 12.8 Å². The molecule has 1 N–H and O–H groups in total. The van der Waals surface area contributed by atoms with Crippen molar-refractivity contribution in [3.05, 3.63) is 83.9 Å². The minimum atomic E-state index is -1.09. The number of nitrogens with one attached hydrogen (secondary N) is 1. The van der Waals surface area contributed by atoms with Crippen LogP contribution >= 0.6 is 0 Å². The summed E-state index contributed by atoms with van der Waals surface area (Å²) in [6.07, 6.45) is 0.757. The highest BCUT2D eigenvalue weighted by Crippen LogP contribution is 2.27. The van der Waals surface area contributed by atoms with Crippen molar-refractivity contribution in [1.82, 2.24) is 5.32 Å². The molecule has 1 atom stereocenters. The van der Waals surface area contributed by atoms with Gasteiger partial charge in [-0.05, 0) is 37.1 Å². The lowest BCUT2D eigenvalue weighted by molar-refractivity contribution is -0.130. The lowest BCUT2D eigenvalue weighted by atomic mass is 10.1. The maximum atomic E-state index is 13.9. The van der Waals surface area contributed by atoms with Crippen LogP contribution in [0.1, 0.15) is 35.1 Å². The second-order valence-corrected chi connectivity index (χ2v) is 6.62. The third kappa shape index (κ3) is 3.96. The molecule has 4 rings (SSSR count). The fourth-order valence-electron chi connectivity index (χ4n) is 2.82. The Morgan fingerprint density at radius 2 is 1.71 bits per heavy atom. The van der Waals surface area contributed by atoms with Gasteiger partial charge in [0.05, 0.1) is 5.56 Å². The van der Waals surface area contributed by atoms with Crippen molar-refractivity contribution >= 4 is 11.9 Å². The van der Waals surface area contributed by atoms with Gasteiger partial charge >= 0.3 is 5.97 Å². The van der Waals surface area contributed by atoms with Gasteiger partial charge in [-0.2, -0.15) is 0 Å². The summed E-state index contributed by atoms with van der Waals surface area (Å²) in [7, 11) is 0. The van der Waals surface area contributed by atoms with Gasteiger partial charge in [-0.15, -0.1) is 0 Å². The van der Waals surface area contributed by atoms with Crippen molar-refractivity contribution in [2.24, 2.45) is 0 Å². The van der Waals surface area contributed by atoms with Gasteiger partial charge in [-0.25, -0.2) is 9.18 Å². The van der Waals surface area contributed by atoms with E-state index in [4.69, 9.17) is 9.15 Å². The van der Waals surface area contributed by atoms with E-state index in [1.165, 1.54) is 18.2 Å². The number of hydrogen-bond donors (Lipinski definition) is 1. The lowest BCUT2D eigenvalue weighted by Gasteiger charge is -2.17. The number of furan rings is 1. The normalized spacial score (nSPS) is 14.3. The van der Waals surface area contributed by atoms with Gasteiger partial charge in [-0.1, -0.05) is 42.5 Å². The molecule has 1 aliphatic rings. The van der Waals surface area contributed by atoms with Gasteiger partial charge in [-0.3, -0.25) is 4.79 Å². The van der Waals surface area contributed by atoms with Crippen molar-refractivity contribution in [3.63, 3.8) is 0 Å². The van der Waals surface area contributed by atoms with E-state index in [-0.39, 0.29) is 29.0 Å². The number of carbonyl (C=O) groups excluding carboxylic acids is 2. The Hall–Kier alpha value is -3.41. The molecule has 1 aliphatic carbocycles. The number of hydrogen-bond acceptors (Lipinski definition) is 4. The largest absolute Gasteiger partial charge is 0.449 e. The Labute approximate surface area is 161 Å². The zero-order chi connectivity index (χ0) is 19.5. The summed E-state index contributed by atoms with van der Waals surface area (Å²) in [5, 5.41) is 2.85. The average molecular weight is 379 g/mol. The SMILES string of the molecule is O=C(O[C@H](C(=O)NC1CC1)c1ccccc1)c1ccc(-c2ccccc2F)o1. The highest BCUT2D eigenvalue weighted by atomic mass is 19.1. The van der Waals surface area contributed by atoms with E-state index >= 15 is 0 Å². The Morgan fingerprint density at radius 1 is 1.00 bits per heavy atom. The van der Waals surface area contributed by atoms with E-state index in [1.54, 1.807) is 42.5 Å². The van der Waals surface area contributed by atoms with Crippen molar-refractivity contribution in [2.75, 3.05) is 0 Å². The minimum Gasteiger partial charge on any atom is -0.449 e. The van der Waals surface area contributed by atoms with Crippen LogP contribution in [0.3, 0.4) is 0 Å². The first-order chi connectivity index (χ1) is 13.6. The minimum absolute atomic E-state index is 0.0987. The number of esters is 1. The molecule has 0 aliphatic heterocycles. The van der Waals surface area contributed by atoms with Gasteiger partial charge < -0.3 is 14.5 Å². The summed E-state index contributed by atoms with van der Waals surface area (Å²) < 4.78 is 24.9. The van der Waals surface area contributed by atoms with Crippen LogP contribution in [0.15, 0.2) is 71.1 Å². The predicted octanol–water partition coefficient (Wildman–Crippen LogP) is 4.26. The van der Waals surface area contributed by atoms with Crippen LogP contribution in [0, 0.1) is 5.82 Å². The molecule has 1 amide bonds. The Kier molecular flexibility index (Phi) is 4.93. The van der Waals surface area contributed by atoms with Crippen LogP contribution in [0.2, 0.25) is 0 Å². The zero-order valence-corrected chi connectivity index (χ0v) is 14.9. The summed E-state index contributed by atoms with van der Waals surface area (Å²) in [4.78, 5) is 25.1. The molecule has 5 nitrogen and oxygen atoms in total. The molecule has 1 heterocycles. The van der Waals surface area contributed by atoms with E-state index in [0.29, 0.717) is 5.56 Å². The molecule has 1 aromatic heterocycles. The molecular formula is C22H18FNO4. The number of amides is 1. The number of benzene rings is 2. The van der Waals surface area contributed by atoms with Crippen molar-refractivity contribution < 1.29 is 23.1 Å². The molecule has 0 saturated heterocycles. The third-order valence-electron chi connectivity index (χ3n) is 4.44. The van der Waals surface area contributed by atoms with E-state index in [1.807, 2.05) is 6.07 Å². The Morgan fingerprint density at radius 3 is 2.43 bits per heavy atom. The first-order valence-electron chi connectivity index (χ1n) is 9.03. The highest BCUT2D eigenvalue weighted by molar-refractivity contribution is 5.91. The van der Waals surface area contributed by atoms with Gasteiger partial charge in [0, 0.05) is 11.6 Å². The molecular weight excluding hydrogens is 361 g/mol. The second-order valence-electron chi connectivity index (χ2n) is 6.62. The van der Waals surface area contributed by atoms with Crippen molar-refractivity contribution in [3.8, 4) is 11.3 Å². The molecule has 0 radical (unpaired) electrons. The lowest BCUT2D eigenvalue weighted by Crippen LogP contribution is -2.33.